The number of aromatic amines is 1. The number of hydrogen-bond acceptors (Lipinski definition) is 9. The quantitative estimate of drug-likeness (QED) is 0.264. The van der Waals surface area contributed by atoms with Crippen LogP contribution in [0.15, 0.2) is 21.7 Å². The molecule has 0 unspecified atom stereocenters. The van der Waals surface area contributed by atoms with Crippen LogP contribution in [0.1, 0.15) is 45.6 Å². The van der Waals surface area contributed by atoms with Gasteiger partial charge in [-0.3, -0.25) is 14.6 Å². The van der Waals surface area contributed by atoms with Gasteiger partial charge in [0.2, 0.25) is 0 Å². The van der Waals surface area contributed by atoms with Crippen LogP contribution in [0.2, 0.25) is 0 Å². The van der Waals surface area contributed by atoms with Gasteiger partial charge in [0, 0.05) is 25.4 Å². The van der Waals surface area contributed by atoms with Crippen molar-refractivity contribution in [2.24, 2.45) is 0 Å². The molecular formula is C23H31N5O6. The molecule has 0 saturated heterocycles. The third-order valence-electron chi connectivity index (χ3n) is 5.17. The van der Waals surface area contributed by atoms with E-state index in [1.807, 2.05) is 33.8 Å². The molecule has 4 N–H and O–H groups in total. The summed E-state index contributed by atoms with van der Waals surface area (Å²) >= 11 is 0. The molecule has 0 bridgehead atoms. The Hall–Kier alpha value is -3.31. The Balaban J connectivity index is 1.99. The maximum Gasteiger partial charge on any atom is 0.349 e. The zero-order chi connectivity index (χ0) is 25.0. The van der Waals surface area contributed by atoms with Crippen LogP contribution in [0.25, 0.3) is 22.6 Å². The molecule has 1 atom stereocenters. The molecule has 0 radical (unpaired) electrons. The second-order valence-electron chi connectivity index (χ2n) is 9.18. The third kappa shape index (κ3) is 6.17. The van der Waals surface area contributed by atoms with Crippen LogP contribution in [-0.4, -0.2) is 60.6 Å². The molecule has 3 rings (SSSR count). The van der Waals surface area contributed by atoms with Gasteiger partial charge in [0.25, 0.3) is 5.56 Å². The number of nitrogens with one attached hydrogen (secondary N) is 2. The summed E-state index contributed by atoms with van der Waals surface area (Å²) in [4.78, 5) is 46.8. The average Bonchev–Trinajstić information content (AvgIpc) is 2.71. The smallest absolute Gasteiger partial charge is 0.349 e. The van der Waals surface area contributed by atoms with Crippen molar-refractivity contribution in [2.75, 3.05) is 18.5 Å². The minimum absolute atomic E-state index is 0.0220. The number of ether oxygens (including phenoxy) is 1. The van der Waals surface area contributed by atoms with Gasteiger partial charge in [0.05, 0.1) is 23.6 Å². The van der Waals surface area contributed by atoms with Crippen LogP contribution in [0.4, 0.5) is 5.69 Å². The van der Waals surface area contributed by atoms with Crippen LogP contribution in [-0.2, 0) is 16.1 Å². The molecular weight excluding hydrogens is 442 g/mol. The number of nitrogens with zero attached hydrogens (tertiary/aromatic N) is 3. The summed E-state index contributed by atoms with van der Waals surface area (Å²) in [6.07, 6.45) is -0.105. The van der Waals surface area contributed by atoms with Crippen LogP contribution in [0.3, 0.4) is 0 Å². The number of carbonyl (C=O) groups excluding carboxylic acids is 1. The number of aromatic nitrogens is 4. The highest BCUT2D eigenvalue weighted by molar-refractivity contribution is 5.84. The Morgan fingerprint density at radius 3 is 2.65 bits per heavy atom. The fourth-order valence-electron chi connectivity index (χ4n) is 3.63. The predicted octanol–water partition coefficient (Wildman–Crippen LogP) is 1.17. The zero-order valence-corrected chi connectivity index (χ0v) is 19.8. The molecule has 0 saturated carbocycles. The van der Waals surface area contributed by atoms with Crippen molar-refractivity contribution in [3.63, 3.8) is 0 Å². The van der Waals surface area contributed by atoms with Gasteiger partial charge in [0.1, 0.15) is 5.60 Å². The monoisotopic (exact) mass is 473 g/mol. The molecule has 0 aliphatic carbocycles. The van der Waals surface area contributed by atoms with E-state index in [9.17, 15) is 19.5 Å². The van der Waals surface area contributed by atoms with E-state index in [1.165, 1.54) is 0 Å². The lowest BCUT2D eigenvalue weighted by Crippen LogP contribution is -2.29. The standard InChI is InChI=1S/C23H31N5O6/c1-13-11-16-17(12-15(13)24-8-5-18(31)34-23(2,3)4)28(9-6-14(30)7-10-29)20-19(25-16)21(32)27-22(33)26-20/h11-12,14,24,29-30H,5-10H2,1-4H3,(H,27,32,33)/t14-/m0/s1. The fourth-order valence-corrected chi connectivity index (χ4v) is 3.63. The van der Waals surface area contributed by atoms with Crippen molar-refractivity contribution >= 4 is 22.7 Å². The Morgan fingerprint density at radius 2 is 1.97 bits per heavy atom. The Kier molecular flexibility index (Phi) is 7.68. The molecule has 2 aliphatic rings. The van der Waals surface area contributed by atoms with Crippen molar-refractivity contribution in [1.82, 2.24) is 19.5 Å². The number of hydrogen-bond donors (Lipinski definition) is 4. The molecule has 1 aromatic carbocycles. The topological polar surface area (TPSA) is 159 Å². The molecule has 2 heterocycles. The molecule has 0 aromatic heterocycles. The molecule has 0 fully saturated rings. The number of esters is 1. The number of carbonyl (C=O) groups is 1. The van der Waals surface area contributed by atoms with E-state index in [0.717, 1.165) is 11.3 Å². The van der Waals surface area contributed by atoms with E-state index in [-0.39, 0.29) is 49.9 Å². The van der Waals surface area contributed by atoms with Crippen molar-refractivity contribution in [2.45, 2.75) is 65.2 Å². The highest BCUT2D eigenvalue weighted by atomic mass is 16.6. The zero-order valence-electron chi connectivity index (χ0n) is 19.8. The number of aryl methyl sites for hydroxylation is 2. The lowest BCUT2D eigenvalue weighted by molar-refractivity contribution is -0.154. The Labute approximate surface area is 196 Å². The molecule has 0 spiro atoms. The van der Waals surface area contributed by atoms with Gasteiger partial charge in [-0.25, -0.2) is 9.78 Å². The highest BCUT2D eigenvalue weighted by Crippen LogP contribution is 2.27. The minimum Gasteiger partial charge on any atom is -0.460 e. The van der Waals surface area contributed by atoms with Crippen LogP contribution in [0, 0.1) is 6.92 Å². The van der Waals surface area contributed by atoms with Crippen molar-refractivity contribution in [3.05, 3.63) is 38.5 Å². The van der Waals surface area contributed by atoms with Gasteiger partial charge in [-0.1, -0.05) is 0 Å². The molecule has 11 heteroatoms. The van der Waals surface area contributed by atoms with Gasteiger partial charge in [-0.05, 0) is 58.2 Å². The fraction of sp³-hybridized carbons (Fsp3) is 0.522. The summed E-state index contributed by atoms with van der Waals surface area (Å²) in [5.74, 6) is -0.202. The Morgan fingerprint density at radius 1 is 1.24 bits per heavy atom. The Bertz CT molecular complexity index is 1260. The average molecular weight is 474 g/mol. The van der Waals surface area contributed by atoms with Gasteiger partial charge < -0.3 is 24.8 Å². The van der Waals surface area contributed by atoms with Crippen molar-refractivity contribution < 1.29 is 19.7 Å². The van der Waals surface area contributed by atoms with Crippen molar-refractivity contribution in [3.8, 4) is 11.5 Å². The van der Waals surface area contributed by atoms with Gasteiger partial charge in [0.15, 0.2) is 11.5 Å². The lowest BCUT2D eigenvalue weighted by atomic mass is 10.1. The number of H-pyrrole nitrogens is 1. The molecule has 11 nitrogen and oxygen atoms in total. The van der Waals surface area contributed by atoms with E-state index >= 15 is 0 Å². The molecule has 1 aromatic rings. The first-order chi connectivity index (χ1) is 16.0. The normalized spacial score (nSPS) is 12.8. The number of aliphatic hydroxyl groups is 2. The predicted molar refractivity (Wildman–Crippen MR) is 127 cm³/mol. The van der Waals surface area contributed by atoms with Gasteiger partial charge in [-0.2, -0.15) is 4.98 Å². The van der Waals surface area contributed by atoms with Crippen molar-refractivity contribution in [1.29, 1.82) is 0 Å². The SMILES string of the molecule is Cc1cc2nc3c(=O)[nH]c(=O)nc-3n(CC[C@H](O)CCO)c2cc1NCCC(=O)OC(C)(C)C. The summed E-state index contributed by atoms with van der Waals surface area (Å²) < 4.78 is 7.01. The van der Waals surface area contributed by atoms with E-state index in [0.29, 0.717) is 17.6 Å². The van der Waals surface area contributed by atoms with Crippen LogP contribution >= 0.6 is 0 Å². The van der Waals surface area contributed by atoms with Gasteiger partial charge in [-0.15, -0.1) is 0 Å². The number of aliphatic hydroxyl groups excluding tert-OH is 2. The second kappa shape index (κ2) is 10.3. The van der Waals surface area contributed by atoms with E-state index in [4.69, 9.17) is 9.84 Å². The summed E-state index contributed by atoms with van der Waals surface area (Å²) in [6.45, 7) is 7.74. The van der Waals surface area contributed by atoms with Gasteiger partial charge >= 0.3 is 11.7 Å². The maximum atomic E-state index is 12.4. The third-order valence-corrected chi connectivity index (χ3v) is 5.17. The van der Waals surface area contributed by atoms with E-state index in [1.54, 1.807) is 10.6 Å². The van der Waals surface area contributed by atoms with E-state index in [2.05, 4.69) is 20.3 Å². The second-order valence-corrected chi connectivity index (χ2v) is 9.18. The molecule has 2 aliphatic heterocycles. The first kappa shape index (κ1) is 25.3. The minimum atomic E-state index is -0.786. The van der Waals surface area contributed by atoms with Crippen LogP contribution < -0.4 is 16.6 Å². The first-order valence-corrected chi connectivity index (χ1v) is 11.2. The maximum absolute atomic E-state index is 12.4. The highest BCUT2D eigenvalue weighted by Gasteiger charge is 2.21. The first-order valence-electron chi connectivity index (χ1n) is 11.2. The summed E-state index contributed by atoms with van der Waals surface area (Å²) in [5, 5.41) is 22.4. The molecule has 34 heavy (non-hydrogen) atoms. The molecule has 184 valence electrons. The number of fused-ring (bicyclic) bond motifs is 2. The number of benzene rings is 1. The molecule has 0 amide bonds. The summed E-state index contributed by atoms with van der Waals surface area (Å²) in [7, 11) is 0. The number of rotatable bonds is 9. The summed E-state index contributed by atoms with van der Waals surface area (Å²) in [6, 6.07) is 3.62. The number of anilines is 1. The van der Waals surface area contributed by atoms with Crippen LogP contribution in [0.5, 0.6) is 0 Å². The largest absolute Gasteiger partial charge is 0.460 e. The van der Waals surface area contributed by atoms with E-state index < -0.39 is 23.0 Å². The lowest BCUT2D eigenvalue weighted by Gasteiger charge is -2.21. The summed E-state index contributed by atoms with van der Waals surface area (Å²) in [5.41, 5.74) is 0.755.